The second-order valence-electron chi connectivity index (χ2n) is 8.37. The van der Waals surface area contributed by atoms with E-state index in [0.29, 0.717) is 6.61 Å². The fraction of sp³-hybridized carbons (Fsp3) is 0.320. The lowest BCUT2D eigenvalue weighted by Crippen LogP contribution is -2.46. The third kappa shape index (κ3) is 7.10. The number of H-pyrrole nitrogens is 1. The van der Waals surface area contributed by atoms with Crippen LogP contribution in [0.4, 0.5) is 5.69 Å². The van der Waals surface area contributed by atoms with Gasteiger partial charge in [0.25, 0.3) is 0 Å². The second-order valence-corrected chi connectivity index (χ2v) is 9.93. The lowest BCUT2D eigenvalue weighted by molar-refractivity contribution is -0.244. The number of benzene rings is 2. The van der Waals surface area contributed by atoms with Crippen molar-refractivity contribution >= 4 is 46.3 Å². The van der Waals surface area contributed by atoms with Crippen LogP contribution in [0.2, 0.25) is 0 Å². The van der Waals surface area contributed by atoms with E-state index in [0.717, 1.165) is 62.2 Å². The average Bonchev–Trinajstić information content (AvgIpc) is 3.38. The van der Waals surface area contributed by atoms with Crippen molar-refractivity contribution in [2.45, 2.75) is 12.8 Å². The van der Waals surface area contributed by atoms with E-state index in [1.807, 2.05) is 35.6 Å². The maximum absolute atomic E-state index is 11.5. The highest BCUT2D eigenvalue weighted by molar-refractivity contribution is 7.30. The molecule has 0 radical (unpaired) electrons. The van der Waals surface area contributed by atoms with Crippen LogP contribution in [0.25, 0.3) is 21.0 Å². The molecule has 192 valence electrons. The Bertz CT molecular complexity index is 1360. The van der Waals surface area contributed by atoms with Gasteiger partial charge in [-0.25, -0.2) is 5.26 Å². The number of hydrogen-bond acceptors (Lipinski definition) is 9. The van der Waals surface area contributed by atoms with Crippen LogP contribution in [0.3, 0.4) is 0 Å². The molecule has 1 saturated heterocycles. The Kier molecular flexibility index (Phi) is 9.41. The Morgan fingerprint density at radius 1 is 1.08 bits per heavy atom. The molecule has 1 unspecified atom stereocenters. The molecule has 1 aliphatic heterocycles. The number of piperazine rings is 1. The molecular formula is C25H30N3O6PS. The first-order chi connectivity index (χ1) is 17.5. The number of thiophene rings is 1. The van der Waals surface area contributed by atoms with Gasteiger partial charge in [-0.05, 0) is 71.1 Å². The van der Waals surface area contributed by atoms with Gasteiger partial charge in [0.15, 0.2) is 0 Å². The van der Waals surface area contributed by atoms with E-state index in [2.05, 4.69) is 49.1 Å². The van der Waals surface area contributed by atoms with Gasteiger partial charge in [-0.3, -0.25) is 9.69 Å². The second kappa shape index (κ2) is 12.9. The third-order valence-corrected chi connectivity index (χ3v) is 7.10. The summed E-state index contributed by atoms with van der Waals surface area (Å²) in [5.41, 5.74) is 2.11. The first-order valence-electron chi connectivity index (χ1n) is 11.7. The summed E-state index contributed by atoms with van der Waals surface area (Å²) < 4.78 is 18.9. The summed E-state index contributed by atoms with van der Waals surface area (Å²) in [4.78, 5) is 28.4. The summed E-state index contributed by atoms with van der Waals surface area (Å²) in [5, 5.41) is 11.6. The zero-order valence-corrected chi connectivity index (χ0v) is 21.4. The van der Waals surface area contributed by atoms with Crippen molar-refractivity contribution in [2.75, 3.05) is 44.2 Å². The Labute approximate surface area is 214 Å². The number of hydrogen-bond donors (Lipinski definition) is 2. The van der Waals surface area contributed by atoms with E-state index in [1.54, 1.807) is 6.07 Å². The molecule has 36 heavy (non-hydrogen) atoms. The number of rotatable bonds is 8. The largest absolute Gasteiger partial charge is 0.565 e. The van der Waals surface area contributed by atoms with Crippen LogP contribution in [-0.2, 0) is 9.24 Å². The number of anilines is 1. The van der Waals surface area contributed by atoms with E-state index in [9.17, 15) is 4.79 Å². The average molecular weight is 532 g/mol. The third-order valence-electron chi connectivity index (χ3n) is 6.09. The zero-order chi connectivity index (χ0) is 25.3. The van der Waals surface area contributed by atoms with Gasteiger partial charge in [-0.15, -0.1) is 11.3 Å². The minimum absolute atomic E-state index is 0. The zero-order valence-electron chi connectivity index (χ0n) is 19.7. The van der Waals surface area contributed by atoms with E-state index in [1.165, 1.54) is 15.8 Å². The molecule has 1 fully saturated rings. The molecule has 9 nitrogen and oxygen atoms in total. The van der Waals surface area contributed by atoms with Crippen LogP contribution in [0.1, 0.15) is 14.3 Å². The molecule has 0 saturated carbocycles. The molecule has 1 atom stereocenters. The molecular weight excluding hydrogens is 501 g/mol. The van der Waals surface area contributed by atoms with Crippen molar-refractivity contribution < 1.29 is 25.6 Å². The molecule has 2 N–H and O–H groups in total. The number of nitrogens with zero attached hydrogens (tertiary/aromatic N) is 2. The number of fused-ring (bicyclic) bond motifs is 2. The van der Waals surface area contributed by atoms with Gasteiger partial charge < -0.3 is 19.5 Å². The van der Waals surface area contributed by atoms with Gasteiger partial charge in [0.2, 0.25) is 5.56 Å². The maximum atomic E-state index is 11.5. The molecule has 1 aliphatic rings. The number of ether oxygens (including phenoxy) is 1. The predicted octanol–water partition coefficient (Wildman–Crippen LogP) is 4.46. The molecule has 11 heteroatoms. The smallest absolute Gasteiger partial charge is 0.521 e. The summed E-state index contributed by atoms with van der Waals surface area (Å²) >= 11 is 1.82. The van der Waals surface area contributed by atoms with Gasteiger partial charge in [0, 0.05) is 60.2 Å². The number of aromatic nitrogens is 1. The van der Waals surface area contributed by atoms with Crippen molar-refractivity contribution in [2.24, 2.45) is 0 Å². The van der Waals surface area contributed by atoms with Crippen molar-refractivity contribution in [3.8, 4) is 5.75 Å². The fourth-order valence-electron chi connectivity index (χ4n) is 4.31. The topological polar surface area (TPSA) is 118 Å². The molecule has 2 aromatic heterocycles. The van der Waals surface area contributed by atoms with E-state index < -0.39 is 8.25 Å². The van der Waals surface area contributed by atoms with Crippen molar-refractivity contribution in [3.05, 3.63) is 70.3 Å². The highest BCUT2D eigenvalue weighted by Crippen LogP contribution is 2.31. The van der Waals surface area contributed by atoms with Crippen LogP contribution < -0.4 is 20.1 Å². The van der Waals surface area contributed by atoms with Gasteiger partial charge in [-0.2, -0.15) is 0 Å². The summed E-state index contributed by atoms with van der Waals surface area (Å²) in [7, 11) is -3.04. The first-order valence-corrected chi connectivity index (χ1v) is 13.7. The lowest BCUT2D eigenvalue weighted by atomic mass is 10.2. The number of nitrogens with one attached hydrogen (secondary N) is 1. The highest BCUT2D eigenvalue weighted by atomic mass is 32.1. The van der Waals surface area contributed by atoms with Crippen LogP contribution in [0.15, 0.2) is 64.8 Å². The summed E-state index contributed by atoms with van der Waals surface area (Å²) in [5.74, 6) is 0.811. The monoisotopic (exact) mass is 531 g/mol. The van der Waals surface area contributed by atoms with Crippen LogP contribution in [-0.4, -0.2) is 54.5 Å². The van der Waals surface area contributed by atoms with Gasteiger partial charge in [-0.1, -0.05) is 6.07 Å². The van der Waals surface area contributed by atoms with Gasteiger partial charge in [0.05, 0.1) is 12.1 Å². The van der Waals surface area contributed by atoms with Crippen molar-refractivity contribution in [1.82, 2.24) is 9.88 Å². The van der Waals surface area contributed by atoms with Gasteiger partial charge in [0.1, 0.15) is 5.75 Å². The van der Waals surface area contributed by atoms with Gasteiger partial charge >= 0.3 is 8.25 Å². The molecule has 3 heterocycles. The molecule has 0 bridgehead atoms. The van der Waals surface area contributed by atoms with Crippen molar-refractivity contribution in [1.29, 1.82) is 0 Å². The minimum atomic E-state index is -3.04. The van der Waals surface area contributed by atoms with Crippen LogP contribution in [0.5, 0.6) is 5.75 Å². The predicted molar refractivity (Wildman–Crippen MR) is 143 cm³/mol. The Morgan fingerprint density at radius 2 is 1.86 bits per heavy atom. The molecule has 2 aromatic carbocycles. The SMILES string of the molecule is O=[P+]([O-])OO.O=c1ccc2ccc(OCCCCN3CCN(c4cccc5sccc45)CC3)cc2[nH]1.[HH]. The first kappa shape index (κ1) is 26.2. The summed E-state index contributed by atoms with van der Waals surface area (Å²) in [6.45, 7) is 6.20. The number of aromatic amines is 1. The quantitative estimate of drug-likeness (QED) is 0.148. The molecule has 4 aromatic rings. The number of pyridine rings is 1. The summed E-state index contributed by atoms with van der Waals surface area (Å²) in [6, 6.07) is 18.1. The van der Waals surface area contributed by atoms with Crippen LogP contribution in [0, 0.1) is 0 Å². The molecule has 0 aliphatic carbocycles. The molecule has 0 spiro atoms. The highest BCUT2D eigenvalue weighted by Gasteiger charge is 2.18. The normalized spacial score (nSPS) is 14.5. The maximum Gasteiger partial charge on any atom is 0.521 e. The number of unbranched alkanes of at least 4 members (excludes halogenated alkanes) is 1. The van der Waals surface area contributed by atoms with E-state index >= 15 is 0 Å². The van der Waals surface area contributed by atoms with E-state index in [-0.39, 0.29) is 6.99 Å². The van der Waals surface area contributed by atoms with Crippen LogP contribution >= 0.6 is 19.6 Å². The standard InChI is InChI=1S/C25H27N3O2S.HO4P.H2/c29-25-9-7-19-6-8-20(18-22(19)26-25)30-16-2-1-11-27-12-14-28(15-13-27)23-4-3-5-24-21(23)10-17-31-24;1-4-5(2)3;/h3-10,17-18H,1-2,11-16H2,(H,26,29);1H;1H. The Balaban J connectivity index is 0.000000581. The molecule has 5 rings (SSSR count). The summed E-state index contributed by atoms with van der Waals surface area (Å²) in [6.07, 6.45) is 2.16. The minimum Gasteiger partial charge on any atom is -0.565 e. The van der Waals surface area contributed by atoms with Crippen molar-refractivity contribution in [3.63, 3.8) is 0 Å². The van der Waals surface area contributed by atoms with E-state index in [4.69, 9.17) is 19.5 Å². The molecule has 0 amide bonds. The Morgan fingerprint density at radius 3 is 2.64 bits per heavy atom. The Hall–Kier alpha value is -2.85. The fourth-order valence-corrected chi connectivity index (χ4v) is 5.12. The lowest BCUT2D eigenvalue weighted by Gasteiger charge is -2.36.